The van der Waals surface area contributed by atoms with E-state index in [1.165, 1.54) is 0 Å². The van der Waals surface area contributed by atoms with Gasteiger partial charge in [0.2, 0.25) is 0 Å². The third-order valence-corrected chi connectivity index (χ3v) is 1.17. The van der Waals surface area contributed by atoms with Gasteiger partial charge in [-0.1, -0.05) is 5.16 Å². The molecule has 0 aliphatic carbocycles. The van der Waals surface area contributed by atoms with Crippen LogP contribution >= 0.6 is 0 Å². The van der Waals surface area contributed by atoms with Crippen LogP contribution in [0.15, 0.2) is 5.16 Å². The summed E-state index contributed by atoms with van der Waals surface area (Å²) in [7, 11) is 0. The quantitative estimate of drug-likeness (QED) is 0.393. The normalized spacial score (nSPS) is 20.6. The van der Waals surface area contributed by atoms with Crippen LogP contribution in [0.1, 0.15) is 12.8 Å². The van der Waals surface area contributed by atoms with Crippen LogP contribution in [0, 0.1) is 0 Å². The molecule has 10 heavy (non-hydrogen) atoms. The van der Waals surface area contributed by atoms with E-state index in [1.807, 2.05) is 0 Å². The van der Waals surface area contributed by atoms with Gasteiger partial charge < -0.3 is 11.1 Å². The first-order chi connectivity index (χ1) is 4.79. The lowest BCUT2D eigenvalue weighted by Crippen LogP contribution is -2.17. The number of carbonyl (C=O) groups excluding carboxylic acids is 1. The summed E-state index contributed by atoms with van der Waals surface area (Å²) in [4.78, 5) is 14.2. The van der Waals surface area contributed by atoms with Gasteiger partial charge in [0.25, 0.3) is 0 Å². The number of amidine groups is 1. The van der Waals surface area contributed by atoms with Crippen LogP contribution in [0.4, 0.5) is 4.79 Å². The number of nitrogens with two attached hydrogens (primary N) is 1. The highest BCUT2D eigenvalue weighted by Gasteiger charge is 2.07. The van der Waals surface area contributed by atoms with Crippen molar-refractivity contribution >= 4 is 11.9 Å². The molecule has 1 rings (SSSR count). The van der Waals surface area contributed by atoms with E-state index >= 15 is 0 Å². The summed E-state index contributed by atoms with van der Waals surface area (Å²) in [6.07, 6.45) is 0.982. The van der Waals surface area contributed by atoms with E-state index in [2.05, 4.69) is 21.0 Å². The van der Waals surface area contributed by atoms with E-state index in [9.17, 15) is 4.79 Å². The number of amides is 1. The maximum Gasteiger partial charge on any atom is 0.430 e. The molecule has 1 saturated heterocycles. The Bertz CT molecular complexity index is 158. The Morgan fingerprint density at radius 3 is 3.10 bits per heavy atom. The van der Waals surface area contributed by atoms with Crippen molar-refractivity contribution < 1.29 is 9.63 Å². The number of hydrogen-bond donors (Lipinski definition) is 2. The molecule has 0 radical (unpaired) electrons. The average molecular weight is 143 g/mol. The van der Waals surface area contributed by atoms with E-state index in [4.69, 9.17) is 0 Å². The van der Waals surface area contributed by atoms with Gasteiger partial charge in [-0.05, 0) is 6.42 Å². The van der Waals surface area contributed by atoms with Crippen LogP contribution in [0.25, 0.3) is 0 Å². The maximum atomic E-state index is 10.0. The monoisotopic (exact) mass is 143 g/mol. The second-order valence-corrected chi connectivity index (χ2v) is 1.98. The molecule has 1 aliphatic rings. The second kappa shape index (κ2) is 3.05. The molecular formula is C5H9N3O2. The molecule has 3 N–H and O–H groups in total. The van der Waals surface area contributed by atoms with Crippen molar-refractivity contribution in [1.82, 2.24) is 5.32 Å². The summed E-state index contributed by atoms with van der Waals surface area (Å²) in [6, 6.07) is 0. The van der Waals surface area contributed by atoms with E-state index in [0.717, 1.165) is 19.4 Å². The van der Waals surface area contributed by atoms with Gasteiger partial charge in [0, 0.05) is 13.0 Å². The summed E-state index contributed by atoms with van der Waals surface area (Å²) >= 11 is 0. The summed E-state index contributed by atoms with van der Waals surface area (Å²) in [5.41, 5.74) is 4.67. The minimum atomic E-state index is -0.874. The van der Waals surface area contributed by atoms with Gasteiger partial charge in [-0.25, -0.2) is 4.79 Å². The van der Waals surface area contributed by atoms with Crippen molar-refractivity contribution in [3.8, 4) is 0 Å². The van der Waals surface area contributed by atoms with E-state index < -0.39 is 6.09 Å². The van der Waals surface area contributed by atoms with E-state index in [0.29, 0.717) is 5.84 Å². The zero-order valence-corrected chi connectivity index (χ0v) is 5.46. The minimum absolute atomic E-state index is 0.693. The second-order valence-electron chi connectivity index (χ2n) is 1.98. The highest BCUT2D eigenvalue weighted by atomic mass is 16.7. The maximum absolute atomic E-state index is 10.0. The largest absolute Gasteiger partial charge is 0.430 e. The van der Waals surface area contributed by atoms with Crippen LogP contribution in [-0.2, 0) is 4.84 Å². The molecule has 0 aromatic rings. The Morgan fingerprint density at radius 2 is 2.60 bits per heavy atom. The standard InChI is InChI=1S/C5H9N3O2/c6-5(9)10-8-4-2-1-3-7-4/h1-3H2,(H2,6,9)(H,7,8). The fourth-order valence-corrected chi connectivity index (χ4v) is 0.755. The SMILES string of the molecule is NC(=O)O/N=C1\CCCN1. The summed E-state index contributed by atoms with van der Waals surface area (Å²) in [5, 5.41) is 6.38. The Balaban J connectivity index is 2.31. The first kappa shape index (κ1) is 6.85. The smallest absolute Gasteiger partial charge is 0.371 e. The molecule has 0 bridgehead atoms. The fourth-order valence-electron chi connectivity index (χ4n) is 0.755. The average Bonchev–Trinajstić information content (AvgIpc) is 2.34. The number of carbonyl (C=O) groups is 1. The van der Waals surface area contributed by atoms with Gasteiger partial charge in [-0.3, -0.25) is 4.84 Å². The van der Waals surface area contributed by atoms with Gasteiger partial charge >= 0.3 is 6.09 Å². The van der Waals surface area contributed by atoms with Gasteiger partial charge in [0.05, 0.1) is 0 Å². The number of oxime groups is 1. The zero-order chi connectivity index (χ0) is 7.40. The molecule has 0 atom stereocenters. The molecule has 1 heterocycles. The highest BCUT2D eigenvalue weighted by Crippen LogP contribution is 1.98. The molecule has 56 valence electrons. The molecule has 0 spiro atoms. The van der Waals surface area contributed by atoms with Gasteiger partial charge in [0.15, 0.2) is 0 Å². The Morgan fingerprint density at radius 1 is 1.80 bits per heavy atom. The Kier molecular flexibility index (Phi) is 2.09. The van der Waals surface area contributed by atoms with Crippen LogP contribution in [0.5, 0.6) is 0 Å². The van der Waals surface area contributed by atoms with Gasteiger partial charge in [0.1, 0.15) is 5.84 Å². The van der Waals surface area contributed by atoms with Gasteiger partial charge in [-0.2, -0.15) is 0 Å². The van der Waals surface area contributed by atoms with Crippen molar-refractivity contribution in [2.75, 3.05) is 6.54 Å². The molecule has 5 nitrogen and oxygen atoms in total. The lowest BCUT2D eigenvalue weighted by atomic mass is 10.4. The molecule has 5 heteroatoms. The predicted octanol–water partition coefficient (Wildman–Crippen LogP) is -0.221. The molecule has 1 fully saturated rings. The number of nitrogens with one attached hydrogen (secondary N) is 1. The van der Waals surface area contributed by atoms with E-state index in [1.54, 1.807) is 0 Å². The lowest BCUT2D eigenvalue weighted by molar-refractivity contribution is 0.161. The van der Waals surface area contributed by atoms with Crippen molar-refractivity contribution in [2.24, 2.45) is 10.9 Å². The summed E-state index contributed by atoms with van der Waals surface area (Å²) in [6.45, 7) is 0.890. The topological polar surface area (TPSA) is 76.7 Å². The predicted molar refractivity (Wildman–Crippen MR) is 35.3 cm³/mol. The van der Waals surface area contributed by atoms with Crippen LogP contribution in [0.3, 0.4) is 0 Å². The number of hydrogen-bond acceptors (Lipinski definition) is 3. The van der Waals surface area contributed by atoms with Crippen LogP contribution in [0.2, 0.25) is 0 Å². The molecule has 0 unspecified atom stereocenters. The lowest BCUT2D eigenvalue weighted by Gasteiger charge is -1.93. The number of rotatable bonds is 1. The van der Waals surface area contributed by atoms with E-state index in [-0.39, 0.29) is 0 Å². The first-order valence-corrected chi connectivity index (χ1v) is 3.06. The van der Waals surface area contributed by atoms with Crippen molar-refractivity contribution in [3.05, 3.63) is 0 Å². The fraction of sp³-hybridized carbons (Fsp3) is 0.600. The Hall–Kier alpha value is -1.26. The molecule has 1 amide bonds. The summed E-state index contributed by atoms with van der Waals surface area (Å²) < 4.78 is 0. The molecule has 0 aromatic heterocycles. The van der Waals surface area contributed by atoms with Crippen molar-refractivity contribution in [3.63, 3.8) is 0 Å². The molecular weight excluding hydrogens is 134 g/mol. The number of primary amides is 1. The first-order valence-electron chi connectivity index (χ1n) is 3.06. The molecule has 0 saturated carbocycles. The Labute approximate surface area is 58.2 Å². The van der Waals surface area contributed by atoms with Crippen molar-refractivity contribution in [2.45, 2.75) is 12.8 Å². The third kappa shape index (κ3) is 1.93. The molecule has 1 aliphatic heterocycles. The minimum Gasteiger partial charge on any atom is -0.371 e. The van der Waals surface area contributed by atoms with Crippen molar-refractivity contribution in [1.29, 1.82) is 0 Å². The summed E-state index contributed by atoms with van der Waals surface area (Å²) in [5.74, 6) is 0.693. The number of nitrogens with zero attached hydrogens (tertiary/aromatic N) is 1. The third-order valence-electron chi connectivity index (χ3n) is 1.17. The van der Waals surface area contributed by atoms with Gasteiger partial charge in [-0.15, -0.1) is 0 Å². The highest BCUT2D eigenvalue weighted by molar-refractivity contribution is 5.83. The van der Waals surface area contributed by atoms with Crippen LogP contribution in [-0.4, -0.2) is 18.5 Å². The molecule has 0 aromatic carbocycles. The van der Waals surface area contributed by atoms with Crippen LogP contribution < -0.4 is 11.1 Å². The zero-order valence-electron chi connectivity index (χ0n) is 5.46.